The van der Waals surface area contributed by atoms with E-state index in [1.54, 1.807) is 25.3 Å². The Bertz CT molecular complexity index is 939. The number of hydrogen-bond donors (Lipinski definition) is 2. The molecule has 8 heteroatoms. The molecule has 1 fully saturated rings. The minimum absolute atomic E-state index is 0.183. The maximum Gasteiger partial charge on any atom is 0.335 e. The normalized spacial score (nSPS) is 16.8. The van der Waals surface area contributed by atoms with E-state index in [0.717, 1.165) is 10.0 Å². The summed E-state index contributed by atoms with van der Waals surface area (Å²) in [5, 5.41) is 12.0. The topological polar surface area (TPSA) is 88.0 Å². The number of amides is 1. The molecule has 6 nitrogen and oxygen atoms in total. The molecular weight excluding hydrogens is 420 g/mol. The van der Waals surface area contributed by atoms with Gasteiger partial charge in [-0.1, -0.05) is 6.07 Å². The Morgan fingerprint density at radius 3 is 2.62 bits per heavy atom. The van der Waals surface area contributed by atoms with Crippen molar-refractivity contribution in [1.29, 1.82) is 0 Å². The van der Waals surface area contributed by atoms with Crippen LogP contribution in [0.3, 0.4) is 0 Å². The molecular formula is C18H13BrN2O4S. The number of ether oxygens (including phenoxy) is 1. The van der Waals surface area contributed by atoms with Crippen molar-refractivity contribution in [2.75, 3.05) is 7.11 Å². The van der Waals surface area contributed by atoms with Crippen LogP contribution in [0.25, 0.3) is 6.08 Å². The van der Waals surface area contributed by atoms with Gasteiger partial charge in [0.1, 0.15) is 5.75 Å². The first-order valence-corrected chi connectivity index (χ1v) is 9.03. The maximum absolute atomic E-state index is 12.1. The number of benzene rings is 2. The number of amidine groups is 1. The number of hydrogen-bond acceptors (Lipinski definition) is 5. The number of rotatable bonds is 4. The lowest BCUT2D eigenvalue weighted by molar-refractivity contribution is -0.115. The second kappa shape index (κ2) is 7.76. The third-order valence-electron chi connectivity index (χ3n) is 3.47. The monoisotopic (exact) mass is 432 g/mol. The van der Waals surface area contributed by atoms with Gasteiger partial charge in [-0.25, -0.2) is 9.79 Å². The van der Waals surface area contributed by atoms with Gasteiger partial charge in [0.15, 0.2) is 5.17 Å². The van der Waals surface area contributed by atoms with Crippen LogP contribution in [-0.4, -0.2) is 29.3 Å². The first-order chi connectivity index (χ1) is 12.5. The quantitative estimate of drug-likeness (QED) is 0.711. The average molecular weight is 433 g/mol. The summed E-state index contributed by atoms with van der Waals surface area (Å²) in [7, 11) is 1.59. The Balaban J connectivity index is 1.79. The lowest BCUT2D eigenvalue weighted by Crippen LogP contribution is -2.19. The zero-order chi connectivity index (χ0) is 18.7. The summed E-state index contributed by atoms with van der Waals surface area (Å²) in [5.74, 6) is -0.519. The second-order valence-electron chi connectivity index (χ2n) is 5.23. The van der Waals surface area contributed by atoms with Crippen LogP contribution in [0.15, 0.2) is 56.8 Å². The molecule has 0 radical (unpaired) electrons. The molecule has 132 valence electrons. The van der Waals surface area contributed by atoms with Crippen LogP contribution >= 0.6 is 27.7 Å². The van der Waals surface area contributed by atoms with Crippen molar-refractivity contribution in [2.24, 2.45) is 4.99 Å². The highest BCUT2D eigenvalue weighted by atomic mass is 79.9. The number of halogens is 1. The van der Waals surface area contributed by atoms with Gasteiger partial charge >= 0.3 is 5.97 Å². The molecule has 1 aliphatic heterocycles. The van der Waals surface area contributed by atoms with Gasteiger partial charge in [-0.05, 0) is 75.7 Å². The van der Waals surface area contributed by atoms with Crippen molar-refractivity contribution >= 4 is 56.5 Å². The molecule has 0 bridgehead atoms. The number of nitrogens with zero attached hydrogens (tertiary/aromatic N) is 1. The number of aliphatic imine (C=N–C) groups is 1. The average Bonchev–Trinajstić information content (AvgIpc) is 2.94. The number of carboxylic acids is 1. The summed E-state index contributed by atoms with van der Waals surface area (Å²) in [6.45, 7) is 0. The first-order valence-electron chi connectivity index (χ1n) is 7.43. The van der Waals surface area contributed by atoms with Gasteiger partial charge in [0.2, 0.25) is 0 Å². The number of carbonyl (C=O) groups is 2. The Labute approximate surface area is 162 Å². The molecule has 0 aliphatic carbocycles. The summed E-state index contributed by atoms with van der Waals surface area (Å²) < 4.78 is 5.99. The molecule has 0 saturated carbocycles. The van der Waals surface area contributed by atoms with Crippen LogP contribution in [0.2, 0.25) is 0 Å². The highest BCUT2D eigenvalue weighted by Gasteiger charge is 2.23. The van der Waals surface area contributed by atoms with Crippen molar-refractivity contribution in [3.05, 3.63) is 63.0 Å². The number of thioether (sulfide) groups is 1. The second-order valence-corrected chi connectivity index (χ2v) is 7.11. The number of carboxylic acid groups (broad SMARTS) is 1. The Morgan fingerprint density at radius 2 is 2.00 bits per heavy atom. The van der Waals surface area contributed by atoms with Crippen LogP contribution in [0.4, 0.5) is 5.69 Å². The predicted octanol–water partition coefficient (Wildman–Crippen LogP) is 4.05. The minimum atomic E-state index is -0.997. The summed E-state index contributed by atoms with van der Waals surface area (Å²) in [6, 6.07) is 11.6. The van der Waals surface area contributed by atoms with Crippen LogP contribution in [0.1, 0.15) is 15.9 Å². The van der Waals surface area contributed by atoms with E-state index in [1.807, 2.05) is 18.2 Å². The molecule has 2 aromatic carbocycles. The van der Waals surface area contributed by atoms with E-state index in [-0.39, 0.29) is 11.5 Å². The third-order valence-corrected chi connectivity index (χ3v) is 5.00. The zero-order valence-electron chi connectivity index (χ0n) is 13.5. The minimum Gasteiger partial charge on any atom is -0.496 e. The first kappa shape index (κ1) is 18.2. The Kier molecular flexibility index (Phi) is 5.43. The maximum atomic E-state index is 12.1. The smallest absolute Gasteiger partial charge is 0.335 e. The molecule has 2 aromatic rings. The molecule has 2 N–H and O–H groups in total. The highest BCUT2D eigenvalue weighted by Crippen LogP contribution is 2.31. The van der Waals surface area contributed by atoms with Crippen LogP contribution < -0.4 is 10.1 Å². The Morgan fingerprint density at radius 1 is 1.27 bits per heavy atom. The van der Waals surface area contributed by atoms with Gasteiger partial charge < -0.3 is 15.2 Å². The lowest BCUT2D eigenvalue weighted by atomic mass is 10.2. The van der Waals surface area contributed by atoms with Crippen LogP contribution in [0.5, 0.6) is 5.75 Å². The molecule has 1 amide bonds. The predicted molar refractivity (Wildman–Crippen MR) is 105 cm³/mol. The molecule has 1 aliphatic rings. The SMILES string of the molecule is COc1ccc(/C=C2\SC(=Nc3ccc(C(=O)O)cc3)NC2=O)cc1Br. The van der Waals surface area contributed by atoms with Gasteiger partial charge in [0.05, 0.1) is 27.7 Å². The fourth-order valence-corrected chi connectivity index (χ4v) is 3.60. The van der Waals surface area contributed by atoms with Gasteiger partial charge in [-0.2, -0.15) is 0 Å². The van der Waals surface area contributed by atoms with E-state index in [1.165, 1.54) is 23.9 Å². The van der Waals surface area contributed by atoms with E-state index < -0.39 is 5.97 Å². The summed E-state index contributed by atoms with van der Waals surface area (Å²) in [6.07, 6.45) is 1.76. The van der Waals surface area contributed by atoms with Gasteiger partial charge in [-0.15, -0.1) is 0 Å². The van der Waals surface area contributed by atoms with Gasteiger partial charge in [0.25, 0.3) is 5.91 Å². The van der Waals surface area contributed by atoms with E-state index in [2.05, 4.69) is 26.2 Å². The zero-order valence-corrected chi connectivity index (χ0v) is 15.9. The van der Waals surface area contributed by atoms with Gasteiger partial charge in [0, 0.05) is 0 Å². The van der Waals surface area contributed by atoms with E-state index >= 15 is 0 Å². The van der Waals surface area contributed by atoms with Crippen molar-refractivity contribution in [2.45, 2.75) is 0 Å². The molecule has 0 aromatic heterocycles. The molecule has 0 spiro atoms. The fraction of sp³-hybridized carbons (Fsp3) is 0.0556. The number of carbonyl (C=O) groups excluding carboxylic acids is 1. The fourth-order valence-electron chi connectivity index (χ4n) is 2.20. The van der Waals surface area contributed by atoms with Crippen molar-refractivity contribution < 1.29 is 19.4 Å². The number of methoxy groups -OCH3 is 1. The summed E-state index contributed by atoms with van der Waals surface area (Å²) in [4.78, 5) is 27.8. The highest BCUT2D eigenvalue weighted by molar-refractivity contribution is 9.10. The third kappa shape index (κ3) is 4.14. The summed E-state index contributed by atoms with van der Waals surface area (Å²) >= 11 is 4.64. The standard InChI is InChI=1S/C18H13BrN2O4S/c1-25-14-7-2-10(8-13(14)19)9-15-16(22)21-18(26-15)20-12-5-3-11(4-6-12)17(23)24/h2-9H,1H3,(H,23,24)(H,20,21,22)/b15-9-. The van der Waals surface area contributed by atoms with E-state index in [0.29, 0.717) is 21.5 Å². The molecule has 0 unspecified atom stereocenters. The van der Waals surface area contributed by atoms with Gasteiger partial charge in [-0.3, -0.25) is 4.79 Å². The molecule has 3 rings (SSSR count). The Hall–Kier alpha value is -2.58. The van der Waals surface area contributed by atoms with Crippen LogP contribution in [0, 0.1) is 0 Å². The lowest BCUT2D eigenvalue weighted by Gasteiger charge is -2.03. The largest absolute Gasteiger partial charge is 0.496 e. The summed E-state index contributed by atoms with van der Waals surface area (Å²) in [5.41, 5.74) is 1.59. The molecule has 26 heavy (non-hydrogen) atoms. The number of nitrogens with one attached hydrogen (secondary N) is 1. The molecule has 0 atom stereocenters. The van der Waals surface area contributed by atoms with Crippen molar-refractivity contribution in [3.63, 3.8) is 0 Å². The van der Waals surface area contributed by atoms with Crippen molar-refractivity contribution in [3.8, 4) is 5.75 Å². The van der Waals surface area contributed by atoms with Crippen LogP contribution in [-0.2, 0) is 4.79 Å². The van der Waals surface area contributed by atoms with E-state index in [4.69, 9.17) is 9.84 Å². The van der Waals surface area contributed by atoms with E-state index in [9.17, 15) is 9.59 Å². The van der Waals surface area contributed by atoms with Crippen molar-refractivity contribution in [1.82, 2.24) is 5.32 Å². The molecule has 1 heterocycles. The molecule has 1 saturated heterocycles. The number of aromatic carboxylic acids is 1.